The van der Waals surface area contributed by atoms with Crippen LogP contribution in [0.15, 0.2) is 18.2 Å². The molecule has 2 amide bonds. The number of hydrogen-bond donors (Lipinski definition) is 2. The average molecular weight is 334 g/mol. The van der Waals surface area contributed by atoms with E-state index in [1.54, 1.807) is 0 Å². The number of nitrogens with zero attached hydrogens (tertiary/aromatic N) is 1. The van der Waals surface area contributed by atoms with E-state index in [-0.39, 0.29) is 31.4 Å². The minimum absolute atomic E-state index is 0.113. The zero-order valence-electron chi connectivity index (χ0n) is 14.7. The van der Waals surface area contributed by atoms with Gasteiger partial charge in [0.2, 0.25) is 5.91 Å². The maximum absolute atomic E-state index is 12.5. The van der Waals surface area contributed by atoms with Crippen LogP contribution in [0, 0.1) is 19.8 Å². The van der Waals surface area contributed by atoms with Crippen molar-refractivity contribution < 1.29 is 19.4 Å². The van der Waals surface area contributed by atoms with Crippen molar-refractivity contribution in [1.29, 1.82) is 0 Å². The molecule has 1 fully saturated rings. The smallest absolute Gasteiger partial charge is 0.410 e. The SMILES string of the molecule is Cc1ccc(NC(=O)C2CC(O)CN2C(=O)OCC(C)C)cc1C. The number of likely N-dealkylation sites (tertiary alicyclic amines) is 1. The van der Waals surface area contributed by atoms with E-state index in [4.69, 9.17) is 4.74 Å². The number of carbonyl (C=O) groups excluding carboxylic acids is 2. The Hall–Kier alpha value is -2.08. The van der Waals surface area contributed by atoms with Crippen molar-refractivity contribution in [2.45, 2.75) is 46.3 Å². The summed E-state index contributed by atoms with van der Waals surface area (Å²) in [7, 11) is 0. The van der Waals surface area contributed by atoms with Gasteiger partial charge in [-0.3, -0.25) is 9.69 Å². The molecule has 132 valence electrons. The molecule has 1 heterocycles. The Morgan fingerprint density at radius 2 is 2.04 bits per heavy atom. The van der Waals surface area contributed by atoms with Gasteiger partial charge in [-0.05, 0) is 43.0 Å². The summed E-state index contributed by atoms with van der Waals surface area (Å²) in [6.45, 7) is 8.26. The Morgan fingerprint density at radius 1 is 1.33 bits per heavy atom. The standard InChI is InChI=1S/C18H26N2O4/c1-11(2)10-24-18(23)20-9-15(21)8-16(20)17(22)19-14-6-5-12(3)13(4)7-14/h5-7,11,15-16,21H,8-10H2,1-4H3,(H,19,22). The predicted molar refractivity (Wildman–Crippen MR) is 91.8 cm³/mol. The van der Waals surface area contributed by atoms with Gasteiger partial charge < -0.3 is 15.2 Å². The van der Waals surface area contributed by atoms with Gasteiger partial charge in [-0.25, -0.2) is 4.79 Å². The lowest BCUT2D eigenvalue weighted by molar-refractivity contribution is -0.120. The summed E-state index contributed by atoms with van der Waals surface area (Å²) >= 11 is 0. The third-order valence-electron chi connectivity index (χ3n) is 4.13. The predicted octanol–water partition coefficient (Wildman–Crippen LogP) is 2.47. The molecule has 2 atom stereocenters. The zero-order valence-corrected chi connectivity index (χ0v) is 14.7. The van der Waals surface area contributed by atoms with Crippen LogP contribution in [0.5, 0.6) is 0 Å². The first-order valence-corrected chi connectivity index (χ1v) is 8.27. The summed E-state index contributed by atoms with van der Waals surface area (Å²) in [6.07, 6.45) is -1.06. The molecule has 0 aliphatic carbocycles. The number of nitrogens with one attached hydrogen (secondary N) is 1. The number of rotatable bonds is 4. The molecule has 2 rings (SSSR count). The van der Waals surface area contributed by atoms with Gasteiger partial charge in [0.15, 0.2) is 0 Å². The first-order chi connectivity index (χ1) is 11.3. The number of aliphatic hydroxyl groups is 1. The fraction of sp³-hybridized carbons (Fsp3) is 0.556. The fourth-order valence-electron chi connectivity index (χ4n) is 2.63. The molecule has 2 unspecified atom stereocenters. The second-order valence-electron chi connectivity index (χ2n) is 6.82. The summed E-state index contributed by atoms with van der Waals surface area (Å²) in [5.41, 5.74) is 2.90. The van der Waals surface area contributed by atoms with Gasteiger partial charge in [0.25, 0.3) is 0 Å². The Balaban J connectivity index is 2.05. The molecule has 6 heteroatoms. The van der Waals surface area contributed by atoms with E-state index < -0.39 is 18.2 Å². The topological polar surface area (TPSA) is 78.9 Å². The maximum atomic E-state index is 12.5. The molecule has 1 aliphatic heterocycles. The average Bonchev–Trinajstić information content (AvgIpc) is 2.90. The van der Waals surface area contributed by atoms with Crippen molar-refractivity contribution in [3.05, 3.63) is 29.3 Å². The van der Waals surface area contributed by atoms with Gasteiger partial charge in [0.05, 0.1) is 19.3 Å². The van der Waals surface area contributed by atoms with E-state index in [1.807, 2.05) is 45.9 Å². The van der Waals surface area contributed by atoms with E-state index in [1.165, 1.54) is 4.90 Å². The molecular formula is C18H26N2O4. The van der Waals surface area contributed by atoms with Crippen LogP contribution < -0.4 is 5.32 Å². The van der Waals surface area contributed by atoms with Gasteiger partial charge in [-0.15, -0.1) is 0 Å². The molecule has 24 heavy (non-hydrogen) atoms. The number of anilines is 1. The first-order valence-electron chi connectivity index (χ1n) is 8.27. The van der Waals surface area contributed by atoms with E-state index in [2.05, 4.69) is 5.32 Å². The highest BCUT2D eigenvalue weighted by molar-refractivity contribution is 5.97. The number of amides is 2. The van der Waals surface area contributed by atoms with E-state index in [9.17, 15) is 14.7 Å². The second-order valence-corrected chi connectivity index (χ2v) is 6.82. The Kier molecular flexibility index (Phi) is 5.83. The zero-order chi connectivity index (χ0) is 17.9. The largest absolute Gasteiger partial charge is 0.449 e. The monoisotopic (exact) mass is 334 g/mol. The minimum atomic E-state index is -0.721. The quantitative estimate of drug-likeness (QED) is 0.886. The van der Waals surface area contributed by atoms with Crippen LogP contribution in [-0.4, -0.2) is 47.3 Å². The van der Waals surface area contributed by atoms with Crippen LogP contribution in [-0.2, 0) is 9.53 Å². The van der Waals surface area contributed by atoms with Crippen molar-refractivity contribution in [2.75, 3.05) is 18.5 Å². The van der Waals surface area contributed by atoms with Gasteiger partial charge in [0.1, 0.15) is 6.04 Å². The summed E-state index contributed by atoms with van der Waals surface area (Å²) in [4.78, 5) is 26.0. The maximum Gasteiger partial charge on any atom is 0.410 e. The number of aryl methyl sites for hydroxylation is 2. The van der Waals surface area contributed by atoms with Gasteiger partial charge in [0, 0.05) is 12.1 Å². The van der Waals surface area contributed by atoms with Crippen molar-refractivity contribution in [2.24, 2.45) is 5.92 Å². The summed E-state index contributed by atoms with van der Waals surface area (Å²) in [5.74, 6) is -0.0967. The second kappa shape index (κ2) is 7.66. The number of carbonyl (C=O) groups is 2. The lowest BCUT2D eigenvalue weighted by Gasteiger charge is -2.23. The molecule has 6 nitrogen and oxygen atoms in total. The van der Waals surface area contributed by atoms with Crippen molar-refractivity contribution in [3.8, 4) is 0 Å². The van der Waals surface area contributed by atoms with Crippen molar-refractivity contribution >= 4 is 17.7 Å². The number of benzene rings is 1. The lowest BCUT2D eigenvalue weighted by atomic mass is 10.1. The molecule has 1 aromatic rings. The van der Waals surface area contributed by atoms with Crippen LogP contribution in [0.3, 0.4) is 0 Å². The van der Waals surface area contributed by atoms with E-state index in [0.717, 1.165) is 11.1 Å². The van der Waals surface area contributed by atoms with Crippen molar-refractivity contribution in [1.82, 2.24) is 4.90 Å². The third-order valence-corrected chi connectivity index (χ3v) is 4.13. The van der Waals surface area contributed by atoms with Crippen LogP contribution >= 0.6 is 0 Å². The molecule has 0 bridgehead atoms. The number of β-amino-alcohol motifs (C(OH)–C–C–N with tert-alkyl or cyclic N) is 1. The van der Waals surface area contributed by atoms with Crippen LogP contribution in [0.1, 0.15) is 31.4 Å². The number of ether oxygens (including phenoxy) is 1. The number of hydrogen-bond acceptors (Lipinski definition) is 4. The summed E-state index contributed by atoms with van der Waals surface area (Å²) in [5, 5.41) is 12.7. The Bertz CT molecular complexity index is 615. The normalized spacial score (nSPS) is 20.3. The molecule has 1 aromatic carbocycles. The molecule has 2 N–H and O–H groups in total. The Morgan fingerprint density at radius 3 is 2.67 bits per heavy atom. The molecule has 0 aromatic heterocycles. The highest BCUT2D eigenvalue weighted by Gasteiger charge is 2.39. The molecule has 0 saturated carbocycles. The fourth-order valence-corrected chi connectivity index (χ4v) is 2.63. The summed E-state index contributed by atoms with van der Waals surface area (Å²) in [6, 6.07) is 4.93. The first kappa shape index (κ1) is 18.3. The van der Waals surface area contributed by atoms with Crippen LogP contribution in [0.2, 0.25) is 0 Å². The Labute approximate surface area is 142 Å². The molecule has 1 saturated heterocycles. The van der Waals surface area contributed by atoms with Crippen LogP contribution in [0.25, 0.3) is 0 Å². The molecule has 1 aliphatic rings. The van der Waals surface area contributed by atoms with E-state index >= 15 is 0 Å². The van der Waals surface area contributed by atoms with Crippen LogP contribution in [0.4, 0.5) is 10.5 Å². The van der Waals surface area contributed by atoms with Gasteiger partial charge in [-0.2, -0.15) is 0 Å². The highest BCUT2D eigenvalue weighted by atomic mass is 16.6. The molecular weight excluding hydrogens is 308 g/mol. The van der Waals surface area contributed by atoms with Gasteiger partial charge in [-0.1, -0.05) is 19.9 Å². The summed E-state index contributed by atoms with van der Waals surface area (Å²) < 4.78 is 5.20. The highest BCUT2D eigenvalue weighted by Crippen LogP contribution is 2.22. The minimum Gasteiger partial charge on any atom is -0.449 e. The third kappa shape index (κ3) is 4.47. The molecule has 0 spiro atoms. The number of aliphatic hydroxyl groups excluding tert-OH is 1. The lowest BCUT2D eigenvalue weighted by Crippen LogP contribution is -2.43. The molecule has 0 radical (unpaired) electrons. The van der Waals surface area contributed by atoms with Crippen molar-refractivity contribution in [3.63, 3.8) is 0 Å². The van der Waals surface area contributed by atoms with Gasteiger partial charge >= 0.3 is 6.09 Å². The van der Waals surface area contributed by atoms with E-state index in [0.29, 0.717) is 5.69 Å².